The van der Waals surface area contributed by atoms with Crippen LogP contribution in [0.5, 0.6) is 0 Å². The van der Waals surface area contributed by atoms with Gasteiger partial charge in [0, 0.05) is 36.6 Å². The van der Waals surface area contributed by atoms with Gasteiger partial charge < -0.3 is 10.2 Å². The van der Waals surface area contributed by atoms with Crippen LogP contribution in [0.1, 0.15) is 78.8 Å². The summed E-state index contributed by atoms with van der Waals surface area (Å²) in [7, 11) is 0. The SMILES string of the molecule is C=C(CC)NCc1cc(C(=C)N2CCC(c3ccc(C#N)cc3)CC2)c(C)cc1CCC. The number of nitrogens with zero attached hydrogens (tertiary/aromatic N) is 2. The van der Waals surface area contributed by atoms with Crippen LogP contribution in [0.15, 0.2) is 55.3 Å². The molecule has 0 atom stereocenters. The summed E-state index contributed by atoms with van der Waals surface area (Å²) >= 11 is 0. The molecule has 2 aromatic rings. The summed E-state index contributed by atoms with van der Waals surface area (Å²) in [5, 5.41) is 12.5. The van der Waals surface area contributed by atoms with Crippen molar-refractivity contribution in [3.8, 4) is 6.07 Å². The molecule has 1 saturated heterocycles. The van der Waals surface area contributed by atoms with E-state index in [1.807, 2.05) is 12.1 Å². The van der Waals surface area contributed by atoms with Crippen molar-refractivity contribution in [3.63, 3.8) is 0 Å². The second-order valence-corrected chi connectivity index (χ2v) is 8.94. The fourth-order valence-electron chi connectivity index (χ4n) is 4.62. The number of nitriles is 1. The number of piperidine rings is 1. The normalized spacial score (nSPS) is 14.1. The Labute approximate surface area is 194 Å². The van der Waals surface area contributed by atoms with Gasteiger partial charge in [-0.1, -0.05) is 51.6 Å². The van der Waals surface area contributed by atoms with E-state index in [1.165, 1.54) is 27.8 Å². The Hall–Kier alpha value is -2.99. The number of rotatable bonds is 9. The van der Waals surface area contributed by atoms with Gasteiger partial charge in [0.05, 0.1) is 11.6 Å². The van der Waals surface area contributed by atoms with E-state index in [0.717, 1.165) is 68.7 Å². The highest BCUT2D eigenvalue weighted by molar-refractivity contribution is 5.66. The molecule has 0 aliphatic carbocycles. The number of hydrogen-bond acceptors (Lipinski definition) is 3. The van der Waals surface area contributed by atoms with Crippen LogP contribution in [-0.4, -0.2) is 18.0 Å². The first-order valence-electron chi connectivity index (χ1n) is 11.9. The number of allylic oxidation sites excluding steroid dienone is 1. The van der Waals surface area contributed by atoms with Gasteiger partial charge in [-0.3, -0.25) is 0 Å². The maximum Gasteiger partial charge on any atom is 0.0991 e. The maximum absolute atomic E-state index is 9.03. The van der Waals surface area contributed by atoms with Gasteiger partial charge >= 0.3 is 0 Å². The molecule has 1 aliphatic heterocycles. The summed E-state index contributed by atoms with van der Waals surface area (Å²) in [4.78, 5) is 2.45. The van der Waals surface area contributed by atoms with E-state index in [0.29, 0.717) is 5.92 Å². The molecule has 1 heterocycles. The Morgan fingerprint density at radius 2 is 1.78 bits per heavy atom. The van der Waals surface area contributed by atoms with Crippen molar-refractivity contribution in [3.05, 3.63) is 88.6 Å². The Kier molecular flexibility index (Phi) is 8.17. The van der Waals surface area contributed by atoms with Crippen LogP contribution in [0.25, 0.3) is 5.70 Å². The monoisotopic (exact) mass is 427 g/mol. The van der Waals surface area contributed by atoms with Crippen molar-refractivity contribution in [2.75, 3.05) is 13.1 Å². The molecular formula is C29H37N3. The minimum atomic E-state index is 0.555. The zero-order valence-corrected chi connectivity index (χ0v) is 20.0. The first-order chi connectivity index (χ1) is 15.5. The third-order valence-electron chi connectivity index (χ3n) is 6.72. The molecule has 1 fully saturated rings. The highest BCUT2D eigenvalue weighted by Gasteiger charge is 2.23. The van der Waals surface area contributed by atoms with Crippen LogP contribution in [0.3, 0.4) is 0 Å². The first kappa shape index (κ1) is 23.7. The number of likely N-dealkylation sites (tertiary alicyclic amines) is 1. The number of benzene rings is 2. The lowest BCUT2D eigenvalue weighted by molar-refractivity contribution is 0.299. The van der Waals surface area contributed by atoms with Crippen molar-refractivity contribution in [1.82, 2.24) is 10.2 Å². The smallest absolute Gasteiger partial charge is 0.0991 e. The Morgan fingerprint density at radius 1 is 1.09 bits per heavy atom. The average molecular weight is 428 g/mol. The summed E-state index contributed by atoms with van der Waals surface area (Å²) < 4.78 is 0. The van der Waals surface area contributed by atoms with Crippen molar-refractivity contribution in [1.29, 1.82) is 5.26 Å². The standard InChI is InChI=1S/C29H37N3/c1-6-8-27-17-21(3)29(18-28(27)20-31-22(4)7-2)23(5)32-15-13-26(14-16-32)25-11-9-24(19-30)10-12-25/h9-12,17-18,26,31H,4-8,13-16,20H2,1-3H3. The fourth-order valence-corrected chi connectivity index (χ4v) is 4.62. The molecule has 0 saturated carbocycles. The lowest BCUT2D eigenvalue weighted by Crippen LogP contribution is -2.31. The molecule has 2 aromatic carbocycles. The third kappa shape index (κ3) is 5.62. The van der Waals surface area contributed by atoms with Crippen LogP contribution >= 0.6 is 0 Å². The van der Waals surface area contributed by atoms with Gasteiger partial charge in [-0.25, -0.2) is 0 Å². The van der Waals surface area contributed by atoms with Gasteiger partial charge in [-0.05, 0) is 79.0 Å². The van der Waals surface area contributed by atoms with Gasteiger partial charge in [0.25, 0.3) is 0 Å². The van der Waals surface area contributed by atoms with Crippen LogP contribution in [0.4, 0.5) is 0 Å². The van der Waals surface area contributed by atoms with Gasteiger partial charge in [0.2, 0.25) is 0 Å². The van der Waals surface area contributed by atoms with E-state index in [9.17, 15) is 0 Å². The third-order valence-corrected chi connectivity index (χ3v) is 6.72. The van der Waals surface area contributed by atoms with Gasteiger partial charge in [0.15, 0.2) is 0 Å². The van der Waals surface area contributed by atoms with Gasteiger partial charge in [0.1, 0.15) is 0 Å². The van der Waals surface area contributed by atoms with E-state index >= 15 is 0 Å². The molecule has 0 radical (unpaired) electrons. The zero-order chi connectivity index (χ0) is 23.1. The molecular weight excluding hydrogens is 390 g/mol. The second-order valence-electron chi connectivity index (χ2n) is 8.94. The van der Waals surface area contributed by atoms with Gasteiger partial charge in [-0.2, -0.15) is 5.26 Å². The predicted octanol–water partition coefficient (Wildman–Crippen LogP) is 6.68. The Balaban J connectivity index is 1.72. The van der Waals surface area contributed by atoms with E-state index in [-0.39, 0.29) is 0 Å². The van der Waals surface area contributed by atoms with Crippen molar-refractivity contribution >= 4 is 5.70 Å². The van der Waals surface area contributed by atoms with E-state index in [2.05, 4.69) is 74.5 Å². The molecule has 0 unspecified atom stereocenters. The minimum absolute atomic E-state index is 0.555. The largest absolute Gasteiger partial charge is 0.385 e. The molecule has 1 N–H and O–H groups in total. The Morgan fingerprint density at radius 3 is 2.38 bits per heavy atom. The minimum Gasteiger partial charge on any atom is -0.385 e. The summed E-state index contributed by atoms with van der Waals surface area (Å²) in [5.74, 6) is 0.555. The highest BCUT2D eigenvalue weighted by Crippen LogP contribution is 2.33. The number of nitrogens with one attached hydrogen (secondary N) is 1. The lowest BCUT2D eigenvalue weighted by atomic mass is 9.88. The van der Waals surface area contributed by atoms with Crippen LogP contribution in [-0.2, 0) is 13.0 Å². The maximum atomic E-state index is 9.03. The number of hydrogen-bond donors (Lipinski definition) is 1. The van der Waals surface area contributed by atoms with Crippen molar-refractivity contribution < 1.29 is 0 Å². The summed E-state index contributed by atoms with van der Waals surface area (Å²) in [6.45, 7) is 18.0. The average Bonchev–Trinajstić information content (AvgIpc) is 2.83. The molecule has 3 nitrogen and oxygen atoms in total. The van der Waals surface area contributed by atoms with Gasteiger partial charge in [-0.15, -0.1) is 0 Å². The predicted molar refractivity (Wildman–Crippen MR) is 135 cm³/mol. The summed E-state index contributed by atoms with van der Waals surface area (Å²) in [6, 6.07) is 15.0. The molecule has 0 aromatic heterocycles. The molecule has 168 valence electrons. The zero-order valence-electron chi connectivity index (χ0n) is 20.0. The number of aryl methyl sites for hydroxylation is 2. The molecule has 3 heteroatoms. The molecule has 0 bridgehead atoms. The van der Waals surface area contributed by atoms with E-state index in [1.54, 1.807) is 0 Å². The highest BCUT2D eigenvalue weighted by atomic mass is 15.1. The fraction of sp³-hybridized carbons (Fsp3) is 0.414. The lowest BCUT2D eigenvalue weighted by Gasteiger charge is -2.35. The molecule has 1 aliphatic rings. The first-order valence-corrected chi connectivity index (χ1v) is 11.9. The Bertz CT molecular complexity index is 986. The topological polar surface area (TPSA) is 39.1 Å². The molecule has 0 spiro atoms. The van der Waals surface area contributed by atoms with Crippen molar-refractivity contribution in [2.45, 2.75) is 65.3 Å². The van der Waals surface area contributed by atoms with Crippen molar-refractivity contribution in [2.24, 2.45) is 0 Å². The molecule has 32 heavy (non-hydrogen) atoms. The molecule has 0 amide bonds. The van der Waals surface area contributed by atoms with E-state index < -0.39 is 0 Å². The summed E-state index contributed by atoms with van der Waals surface area (Å²) in [6.07, 6.45) is 5.41. The van der Waals surface area contributed by atoms with Crippen LogP contribution in [0, 0.1) is 18.3 Å². The van der Waals surface area contributed by atoms with Crippen LogP contribution < -0.4 is 5.32 Å². The summed E-state index contributed by atoms with van der Waals surface area (Å²) in [5.41, 5.74) is 9.66. The quantitative estimate of drug-likeness (QED) is 0.485. The van der Waals surface area contributed by atoms with E-state index in [4.69, 9.17) is 5.26 Å². The second kappa shape index (κ2) is 11.0. The van der Waals surface area contributed by atoms with Crippen LogP contribution in [0.2, 0.25) is 0 Å². The molecule has 3 rings (SSSR count).